The van der Waals surface area contributed by atoms with Crippen LogP contribution in [-0.4, -0.2) is 47.2 Å². The van der Waals surface area contributed by atoms with Crippen LogP contribution in [0.5, 0.6) is 0 Å². The highest BCUT2D eigenvalue weighted by atomic mass is 32.1. The van der Waals surface area contributed by atoms with E-state index in [2.05, 4.69) is 15.1 Å². The fourth-order valence-electron chi connectivity index (χ4n) is 3.95. The maximum atomic E-state index is 12.7. The van der Waals surface area contributed by atoms with E-state index in [-0.39, 0.29) is 11.5 Å². The minimum atomic E-state index is -4.40. The number of halogens is 3. The summed E-state index contributed by atoms with van der Waals surface area (Å²) < 4.78 is 38.1. The molecule has 1 aromatic carbocycles. The van der Waals surface area contributed by atoms with Crippen LogP contribution in [0.4, 0.5) is 18.3 Å². The van der Waals surface area contributed by atoms with Crippen LogP contribution in [0.2, 0.25) is 0 Å². The van der Waals surface area contributed by atoms with Crippen molar-refractivity contribution in [3.05, 3.63) is 40.4 Å². The van der Waals surface area contributed by atoms with Crippen LogP contribution < -0.4 is 4.90 Å². The van der Waals surface area contributed by atoms with Crippen molar-refractivity contribution in [1.82, 2.24) is 15.1 Å². The Morgan fingerprint density at radius 2 is 1.62 bits per heavy atom. The highest BCUT2D eigenvalue weighted by molar-refractivity contribution is 7.15. The van der Waals surface area contributed by atoms with E-state index < -0.39 is 11.7 Å². The third kappa shape index (κ3) is 4.55. The van der Waals surface area contributed by atoms with Crippen molar-refractivity contribution in [2.75, 3.05) is 31.1 Å². The number of rotatable bonds is 3. The Kier molecular flexibility index (Phi) is 5.76. The van der Waals surface area contributed by atoms with E-state index in [1.54, 1.807) is 16.2 Å². The fourth-order valence-corrected chi connectivity index (χ4v) is 5.02. The van der Waals surface area contributed by atoms with E-state index in [0.717, 1.165) is 22.3 Å². The normalized spacial score (nSPS) is 18.9. The zero-order valence-corrected chi connectivity index (χ0v) is 16.8. The molecule has 5 nitrogen and oxygen atoms in total. The smallest absolute Gasteiger partial charge is 0.343 e. The summed E-state index contributed by atoms with van der Waals surface area (Å²) in [5.74, 6) is 0.288. The first-order valence-corrected chi connectivity index (χ1v) is 10.8. The van der Waals surface area contributed by atoms with Gasteiger partial charge in [-0.1, -0.05) is 30.6 Å². The predicted octanol–water partition coefficient (Wildman–Crippen LogP) is 4.57. The molecule has 9 heteroatoms. The topological polar surface area (TPSA) is 49.3 Å². The van der Waals surface area contributed by atoms with Gasteiger partial charge in [-0.25, -0.2) is 0 Å². The third-order valence-corrected chi connectivity index (χ3v) is 6.83. The lowest BCUT2D eigenvalue weighted by molar-refractivity contribution is -0.137. The maximum Gasteiger partial charge on any atom is 0.416 e. The van der Waals surface area contributed by atoms with Crippen molar-refractivity contribution in [2.45, 2.75) is 44.2 Å². The Hall–Kier alpha value is -2.16. The molecule has 0 N–H and O–H groups in total. The molecule has 29 heavy (non-hydrogen) atoms. The molecule has 1 aliphatic carbocycles. The molecular weight excluding hydrogens is 401 g/mol. The van der Waals surface area contributed by atoms with Gasteiger partial charge in [-0.2, -0.15) is 13.2 Å². The number of aromatic nitrogens is 2. The number of piperazine rings is 1. The first kappa shape index (κ1) is 20.1. The molecule has 1 saturated carbocycles. The van der Waals surface area contributed by atoms with E-state index in [1.165, 1.54) is 44.2 Å². The van der Waals surface area contributed by atoms with E-state index in [9.17, 15) is 18.0 Å². The second-order valence-electron chi connectivity index (χ2n) is 7.61. The summed E-state index contributed by atoms with van der Waals surface area (Å²) in [5, 5.41) is 10.8. The van der Waals surface area contributed by atoms with Gasteiger partial charge in [0.2, 0.25) is 5.13 Å². The van der Waals surface area contributed by atoms with Gasteiger partial charge < -0.3 is 9.80 Å². The quantitative estimate of drug-likeness (QED) is 0.725. The lowest BCUT2D eigenvalue weighted by atomic mass is 9.90. The van der Waals surface area contributed by atoms with E-state index in [0.29, 0.717) is 32.1 Å². The summed E-state index contributed by atoms with van der Waals surface area (Å²) >= 11 is 1.65. The first-order valence-electron chi connectivity index (χ1n) is 9.97. The highest BCUT2D eigenvalue weighted by Gasteiger charge is 2.31. The number of benzene rings is 1. The van der Waals surface area contributed by atoms with Crippen molar-refractivity contribution in [3.8, 4) is 0 Å². The lowest BCUT2D eigenvalue weighted by Gasteiger charge is -2.34. The van der Waals surface area contributed by atoms with Gasteiger partial charge in [0, 0.05) is 37.7 Å². The van der Waals surface area contributed by atoms with Crippen molar-refractivity contribution in [3.63, 3.8) is 0 Å². The van der Waals surface area contributed by atoms with E-state index in [1.807, 2.05) is 0 Å². The first-order chi connectivity index (χ1) is 13.9. The second kappa shape index (κ2) is 8.30. The summed E-state index contributed by atoms with van der Waals surface area (Å²) in [4.78, 5) is 16.4. The van der Waals surface area contributed by atoms with Crippen molar-refractivity contribution < 1.29 is 18.0 Å². The lowest BCUT2D eigenvalue weighted by Crippen LogP contribution is -2.48. The average molecular weight is 424 g/mol. The monoisotopic (exact) mass is 424 g/mol. The zero-order valence-electron chi connectivity index (χ0n) is 16.0. The van der Waals surface area contributed by atoms with Crippen LogP contribution in [0.1, 0.15) is 59.0 Å². The van der Waals surface area contributed by atoms with Crippen molar-refractivity contribution in [2.24, 2.45) is 0 Å². The predicted molar refractivity (Wildman–Crippen MR) is 105 cm³/mol. The Bertz CT molecular complexity index is 838. The molecule has 1 saturated heterocycles. The molecule has 0 radical (unpaired) electrons. The Morgan fingerprint density at radius 1 is 0.966 bits per heavy atom. The molecule has 4 rings (SSSR count). The summed E-state index contributed by atoms with van der Waals surface area (Å²) in [6.45, 7) is 2.31. The molecule has 156 valence electrons. The molecule has 2 fully saturated rings. The van der Waals surface area contributed by atoms with Gasteiger partial charge in [0.15, 0.2) is 0 Å². The van der Waals surface area contributed by atoms with Gasteiger partial charge in [-0.3, -0.25) is 4.79 Å². The number of alkyl halides is 3. The van der Waals surface area contributed by atoms with Crippen molar-refractivity contribution in [1.29, 1.82) is 0 Å². The average Bonchev–Trinajstić information content (AvgIpc) is 3.24. The molecule has 0 atom stereocenters. The maximum absolute atomic E-state index is 12.7. The Morgan fingerprint density at radius 3 is 2.24 bits per heavy atom. The Labute approximate surface area is 171 Å². The minimum Gasteiger partial charge on any atom is -0.343 e. The second-order valence-corrected chi connectivity index (χ2v) is 8.60. The molecule has 1 aliphatic heterocycles. The standard InChI is InChI=1S/C20H23F3N4OS/c21-20(22,23)16-8-6-15(7-9-16)18(28)26-10-12-27(13-11-26)19-25-24-17(29-19)14-4-2-1-3-5-14/h6-9,14H,1-5,10-13H2. The van der Waals surface area contributed by atoms with E-state index >= 15 is 0 Å². The molecule has 2 aromatic rings. The summed E-state index contributed by atoms with van der Waals surface area (Å²) in [6, 6.07) is 4.41. The van der Waals surface area contributed by atoms with Gasteiger partial charge >= 0.3 is 6.18 Å². The van der Waals surface area contributed by atoms with Gasteiger partial charge in [0.1, 0.15) is 5.01 Å². The van der Waals surface area contributed by atoms with Crippen LogP contribution in [0, 0.1) is 0 Å². The number of hydrogen-bond donors (Lipinski definition) is 0. The van der Waals surface area contributed by atoms with Crippen LogP contribution in [0.25, 0.3) is 0 Å². The molecule has 1 amide bonds. The largest absolute Gasteiger partial charge is 0.416 e. The summed E-state index contributed by atoms with van der Waals surface area (Å²) in [6.07, 6.45) is 1.78. The van der Waals surface area contributed by atoms with Crippen LogP contribution in [0.3, 0.4) is 0 Å². The third-order valence-electron chi connectivity index (χ3n) is 5.68. The van der Waals surface area contributed by atoms with Crippen LogP contribution >= 0.6 is 11.3 Å². The van der Waals surface area contributed by atoms with Gasteiger partial charge in [-0.05, 0) is 37.1 Å². The number of carbonyl (C=O) groups is 1. The number of anilines is 1. The van der Waals surface area contributed by atoms with Gasteiger partial charge in [0.05, 0.1) is 5.56 Å². The fraction of sp³-hybridized carbons (Fsp3) is 0.550. The molecule has 2 heterocycles. The number of carbonyl (C=O) groups excluding carboxylic acids is 1. The number of hydrogen-bond acceptors (Lipinski definition) is 5. The van der Waals surface area contributed by atoms with Crippen LogP contribution in [-0.2, 0) is 6.18 Å². The summed E-state index contributed by atoms with van der Waals surface area (Å²) in [5.41, 5.74) is -0.467. The molecule has 1 aromatic heterocycles. The SMILES string of the molecule is O=C(c1ccc(C(F)(F)F)cc1)N1CCN(c2nnc(C3CCCCC3)s2)CC1. The molecule has 0 spiro atoms. The van der Waals surface area contributed by atoms with Gasteiger partial charge in [-0.15, -0.1) is 10.2 Å². The number of amides is 1. The zero-order chi connectivity index (χ0) is 20.4. The molecule has 0 unspecified atom stereocenters. The summed E-state index contributed by atoms with van der Waals surface area (Å²) in [7, 11) is 0. The molecule has 0 bridgehead atoms. The minimum absolute atomic E-state index is 0.237. The van der Waals surface area contributed by atoms with Gasteiger partial charge in [0.25, 0.3) is 5.91 Å². The molecular formula is C20H23F3N4OS. The number of nitrogens with zero attached hydrogens (tertiary/aromatic N) is 4. The van der Waals surface area contributed by atoms with E-state index in [4.69, 9.17) is 0 Å². The Balaban J connectivity index is 1.34. The van der Waals surface area contributed by atoms with Crippen LogP contribution in [0.15, 0.2) is 24.3 Å². The highest BCUT2D eigenvalue weighted by Crippen LogP contribution is 2.36. The molecule has 2 aliphatic rings. The van der Waals surface area contributed by atoms with Crippen molar-refractivity contribution >= 4 is 22.4 Å².